The molecule has 0 fully saturated rings. The van der Waals surface area contributed by atoms with Crippen molar-refractivity contribution in [2.75, 3.05) is 13.2 Å². The van der Waals surface area contributed by atoms with Gasteiger partial charge in [-0.2, -0.15) is 0 Å². The van der Waals surface area contributed by atoms with Crippen molar-refractivity contribution in [2.45, 2.75) is 289 Å². The van der Waals surface area contributed by atoms with E-state index in [9.17, 15) is 19.8 Å². The number of hydrogen-bond acceptors (Lipinski definition) is 5. The Labute approximate surface area is 367 Å². The van der Waals surface area contributed by atoms with Gasteiger partial charge in [0, 0.05) is 12.8 Å². The van der Waals surface area contributed by atoms with E-state index < -0.39 is 12.1 Å². The van der Waals surface area contributed by atoms with Crippen molar-refractivity contribution < 1.29 is 24.5 Å². The molecule has 1 amide bonds. The Hall–Kier alpha value is -1.66. The lowest BCUT2D eigenvalue weighted by Crippen LogP contribution is -2.45. The van der Waals surface area contributed by atoms with Crippen molar-refractivity contribution >= 4 is 11.9 Å². The first-order valence-corrected chi connectivity index (χ1v) is 26.1. The average molecular weight is 832 g/mol. The molecule has 0 saturated heterocycles. The van der Waals surface area contributed by atoms with E-state index >= 15 is 0 Å². The summed E-state index contributed by atoms with van der Waals surface area (Å²) in [6.07, 6.45) is 57.2. The van der Waals surface area contributed by atoms with Crippen LogP contribution in [0.2, 0.25) is 0 Å². The van der Waals surface area contributed by atoms with Gasteiger partial charge in [0.25, 0.3) is 0 Å². The van der Waals surface area contributed by atoms with E-state index in [-0.39, 0.29) is 18.5 Å². The van der Waals surface area contributed by atoms with Crippen molar-refractivity contribution in [1.29, 1.82) is 0 Å². The molecular formula is C53H101NO5. The number of aliphatic hydroxyl groups is 2. The smallest absolute Gasteiger partial charge is 0.305 e. The van der Waals surface area contributed by atoms with Crippen molar-refractivity contribution in [3.8, 4) is 0 Å². The third kappa shape index (κ3) is 45.7. The number of amides is 1. The van der Waals surface area contributed by atoms with Gasteiger partial charge in [-0.25, -0.2) is 0 Å². The predicted molar refractivity (Wildman–Crippen MR) is 255 cm³/mol. The van der Waals surface area contributed by atoms with Gasteiger partial charge in [0.15, 0.2) is 0 Å². The molecule has 6 heteroatoms. The summed E-state index contributed by atoms with van der Waals surface area (Å²) in [6.45, 7) is 4.84. The van der Waals surface area contributed by atoms with E-state index in [1.807, 2.05) is 0 Å². The summed E-state index contributed by atoms with van der Waals surface area (Å²) in [5.74, 6) is -0.116. The van der Waals surface area contributed by atoms with Crippen LogP contribution in [-0.4, -0.2) is 47.4 Å². The first-order valence-electron chi connectivity index (χ1n) is 26.1. The number of allylic oxidation sites excluding steroid dienone is 4. The number of aliphatic hydroxyl groups excluding tert-OH is 2. The highest BCUT2D eigenvalue weighted by molar-refractivity contribution is 5.76. The van der Waals surface area contributed by atoms with Gasteiger partial charge in [-0.3, -0.25) is 9.59 Å². The van der Waals surface area contributed by atoms with Gasteiger partial charge >= 0.3 is 5.97 Å². The molecule has 0 aromatic heterocycles. The van der Waals surface area contributed by atoms with Gasteiger partial charge in [-0.05, 0) is 77.0 Å². The molecule has 0 aromatic carbocycles. The maximum atomic E-state index is 12.5. The largest absolute Gasteiger partial charge is 0.466 e. The van der Waals surface area contributed by atoms with Crippen molar-refractivity contribution in [1.82, 2.24) is 5.32 Å². The zero-order chi connectivity index (χ0) is 43.0. The summed E-state index contributed by atoms with van der Waals surface area (Å²) in [6, 6.07) is -0.567. The van der Waals surface area contributed by atoms with Gasteiger partial charge in [0.1, 0.15) is 0 Å². The normalized spacial score (nSPS) is 12.8. The Morgan fingerprint density at radius 1 is 0.458 bits per heavy atom. The van der Waals surface area contributed by atoms with Crippen LogP contribution < -0.4 is 5.32 Å². The van der Waals surface area contributed by atoms with Crippen molar-refractivity contribution in [3.05, 3.63) is 24.3 Å². The van der Waals surface area contributed by atoms with Gasteiger partial charge in [-0.15, -0.1) is 0 Å². The van der Waals surface area contributed by atoms with E-state index in [1.54, 1.807) is 0 Å². The van der Waals surface area contributed by atoms with Crippen LogP contribution in [0.15, 0.2) is 24.3 Å². The first-order chi connectivity index (χ1) is 29.0. The lowest BCUT2D eigenvalue weighted by molar-refractivity contribution is -0.143. The second kappa shape index (κ2) is 49.0. The van der Waals surface area contributed by atoms with Crippen LogP contribution in [0.4, 0.5) is 0 Å². The standard InChI is InChI=1S/C53H101NO5/c1-3-5-7-9-11-13-15-17-18-19-20-21-22-23-24-25-29-33-37-41-45-51(56)50(49-55)54-52(57)46-42-38-34-30-27-28-32-36-40-44-48-59-53(58)47-43-39-35-31-26-16-14-12-10-8-6-4-2/h12,14,28,32,50-51,55-56H,3-11,13,15-27,29-31,33-49H2,1-2H3,(H,54,57)/b14-12-,32-28-. The number of ether oxygens (including phenoxy) is 1. The summed E-state index contributed by atoms with van der Waals surface area (Å²) >= 11 is 0. The molecule has 2 atom stereocenters. The lowest BCUT2D eigenvalue weighted by Gasteiger charge is -2.22. The minimum absolute atomic E-state index is 0.0462. The zero-order valence-electron chi connectivity index (χ0n) is 39.5. The van der Waals surface area contributed by atoms with Crippen molar-refractivity contribution in [2.24, 2.45) is 0 Å². The van der Waals surface area contributed by atoms with Crippen LogP contribution in [0.5, 0.6) is 0 Å². The number of unbranched alkanes of at least 4 members (excludes halogenated alkanes) is 33. The molecule has 0 aromatic rings. The number of hydrogen-bond donors (Lipinski definition) is 3. The highest BCUT2D eigenvalue weighted by atomic mass is 16.5. The van der Waals surface area contributed by atoms with Crippen LogP contribution >= 0.6 is 0 Å². The number of esters is 1. The molecule has 348 valence electrons. The Bertz CT molecular complexity index is 920. The number of nitrogens with one attached hydrogen (secondary N) is 1. The number of rotatable bonds is 48. The van der Waals surface area contributed by atoms with Gasteiger partial charge in [0.2, 0.25) is 5.91 Å². The summed E-state index contributed by atoms with van der Waals surface area (Å²) in [5.41, 5.74) is 0. The fraction of sp³-hybridized carbons (Fsp3) is 0.887. The van der Waals surface area contributed by atoms with Gasteiger partial charge in [0.05, 0.1) is 25.4 Å². The van der Waals surface area contributed by atoms with Crippen LogP contribution in [0.25, 0.3) is 0 Å². The molecule has 0 rings (SSSR count). The molecule has 0 aliphatic heterocycles. The van der Waals surface area contributed by atoms with E-state index in [0.29, 0.717) is 25.9 Å². The van der Waals surface area contributed by atoms with Crippen LogP contribution in [-0.2, 0) is 14.3 Å². The lowest BCUT2D eigenvalue weighted by atomic mass is 10.0. The van der Waals surface area contributed by atoms with Crippen LogP contribution in [0.3, 0.4) is 0 Å². The molecule has 0 aliphatic carbocycles. The Kier molecular flexibility index (Phi) is 47.6. The van der Waals surface area contributed by atoms with Gasteiger partial charge in [-0.1, -0.05) is 212 Å². The molecule has 6 nitrogen and oxygen atoms in total. The summed E-state index contributed by atoms with van der Waals surface area (Å²) in [5, 5.41) is 23.2. The number of carbonyl (C=O) groups is 2. The van der Waals surface area contributed by atoms with Crippen LogP contribution in [0, 0.1) is 0 Å². The minimum atomic E-state index is -0.686. The summed E-state index contributed by atoms with van der Waals surface area (Å²) in [4.78, 5) is 24.4. The fourth-order valence-electron chi connectivity index (χ4n) is 7.92. The average Bonchev–Trinajstić information content (AvgIpc) is 3.24. The Morgan fingerprint density at radius 2 is 0.797 bits per heavy atom. The van der Waals surface area contributed by atoms with Crippen LogP contribution in [0.1, 0.15) is 277 Å². The Morgan fingerprint density at radius 3 is 1.24 bits per heavy atom. The Balaban J connectivity index is 3.53. The summed E-state index contributed by atoms with van der Waals surface area (Å²) < 4.78 is 5.41. The van der Waals surface area contributed by atoms with E-state index in [2.05, 4.69) is 43.5 Å². The van der Waals surface area contributed by atoms with Crippen molar-refractivity contribution in [3.63, 3.8) is 0 Å². The van der Waals surface area contributed by atoms with E-state index in [1.165, 1.54) is 167 Å². The number of carbonyl (C=O) groups excluding carboxylic acids is 2. The predicted octanol–water partition coefficient (Wildman–Crippen LogP) is 15.5. The third-order valence-corrected chi connectivity index (χ3v) is 12.0. The third-order valence-electron chi connectivity index (χ3n) is 12.0. The molecule has 0 aliphatic rings. The SMILES string of the molecule is CCCCC/C=C\CCCCCCCC(=O)OCCCC/C=C\CCCCCCC(=O)NC(CO)C(O)CCCCCCCCCCCCCCCCCCCCCC. The topological polar surface area (TPSA) is 95.9 Å². The highest BCUT2D eigenvalue weighted by Crippen LogP contribution is 2.16. The fourth-order valence-corrected chi connectivity index (χ4v) is 7.92. The monoisotopic (exact) mass is 832 g/mol. The second-order valence-electron chi connectivity index (χ2n) is 17.8. The summed E-state index contributed by atoms with van der Waals surface area (Å²) in [7, 11) is 0. The quantitative estimate of drug-likeness (QED) is 0.0322. The first kappa shape index (κ1) is 57.3. The molecular weight excluding hydrogens is 731 g/mol. The molecule has 2 unspecified atom stereocenters. The molecule has 0 radical (unpaired) electrons. The second-order valence-corrected chi connectivity index (χ2v) is 17.8. The molecule has 0 bridgehead atoms. The maximum absolute atomic E-state index is 12.5. The maximum Gasteiger partial charge on any atom is 0.305 e. The minimum Gasteiger partial charge on any atom is -0.466 e. The molecule has 0 saturated carbocycles. The zero-order valence-corrected chi connectivity index (χ0v) is 39.5. The molecule has 0 spiro atoms. The van der Waals surface area contributed by atoms with E-state index in [4.69, 9.17) is 4.74 Å². The van der Waals surface area contributed by atoms with E-state index in [0.717, 1.165) is 77.0 Å². The molecule has 3 N–H and O–H groups in total. The highest BCUT2D eigenvalue weighted by Gasteiger charge is 2.20. The molecule has 0 heterocycles. The molecule has 59 heavy (non-hydrogen) atoms. The van der Waals surface area contributed by atoms with Gasteiger partial charge < -0.3 is 20.3 Å².